The molecule has 1 aromatic heterocycles. The summed E-state index contributed by atoms with van der Waals surface area (Å²) >= 11 is 0. The van der Waals surface area contributed by atoms with Crippen molar-refractivity contribution in [1.82, 2.24) is 9.78 Å². The number of benzene rings is 1. The van der Waals surface area contributed by atoms with E-state index in [1.165, 1.54) is 5.56 Å². The zero-order chi connectivity index (χ0) is 24.9. The van der Waals surface area contributed by atoms with E-state index in [1.54, 1.807) is 6.92 Å². The van der Waals surface area contributed by atoms with E-state index in [9.17, 15) is 10.1 Å². The van der Waals surface area contributed by atoms with Crippen molar-refractivity contribution < 1.29 is 14.3 Å². The average Bonchev–Trinajstić information content (AvgIpc) is 3.00. The van der Waals surface area contributed by atoms with Crippen LogP contribution in [0.3, 0.4) is 0 Å². The molecular formula is C27H37N3O3. The van der Waals surface area contributed by atoms with Gasteiger partial charge in [-0.2, -0.15) is 10.4 Å². The summed E-state index contributed by atoms with van der Waals surface area (Å²) < 4.78 is 13.5. The number of aryl methyl sites for hydroxylation is 2. The number of nitriles is 1. The number of hydrogen-bond donors (Lipinski definition) is 0. The second-order valence-electron chi connectivity index (χ2n) is 9.79. The van der Waals surface area contributed by atoms with Crippen LogP contribution in [0.5, 0.6) is 0 Å². The maximum atomic E-state index is 12.2. The largest absolute Gasteiger partial charge is 0.451 e. The minimum atomic E-state index is -0.858. The molecule has 1 aromatic carbocycles. The number of nitrogens with zero attached hydrogens (tertiary/aromatic N) is 3. The predicted octanol–water partition coefficient (Wildman–Crippen LogP) is 6.16. The van der Waals surface area contributed by atoms with Gasteiger partial charge in [-0.3, -0.25) is 9.48 Å². The Morgan fingerprint density at radius 2 is 1.73 bits per heavy atom. The van der Waals surface area contributed by atoms with Crippen LogP contribution in [0.2, 0.25) is 0 Å². The number of carbonyl (C=O) groups is 1. The van der Waals surface area contributed by atoms with Crippen molar-refractivity contribution in [2.75, 3.05) is 0 Å². The topological polar surface area (TPSA) is 77.1 Å². The van der Waals surface area contributed by atoms with Crippen molar-refractivity contribution in [3.63, 3.8) is 0 Å². The number of esters is 1. The van der Waals surface area contributed by atoms with E-state index in [1.807, 2.05) is 63.6 Å². The van der Waals surface area contributed by atoms with Crippen molar-refractivity contribution in [3.8, 4) is 6.07 Å². The molecule has 1 heterocycles. The standard InChI is InChI=1S/C27H37N3O3/c1-10-30-25(18(4)19(5)29-30)26(33-20(6)32-24(31)15-17(2)3)23(16-28)21-11-13-22(14-12-21)27(7,8)9/h11-14,17,20H,10,15H2,1-9H3/b26-23-. The first-order valence-electron chi connectivity index (χ1n) is 11.5. The molecule has 0 spiro atoms. The lowest BCUT2D eigenvalue weighted by atomic mass is 9.86. The van der Waals surface area contributed by atoms with Crippen LogP contribution < -0.4 is 0 Å². The smallest absolute Gasteiger partial charge is 0.309 e. The van der Waals surface area contributed by atoms with Crippen LogP contribution in [0.1, 0.15) is 83.0 Å². The van der Waals surface area contributed by atoms with Crippen LogP contribution in [-0.2, 0) is 26.2 Å². The molecule has 33 heavy (non-hydrogen) atoms. The molecule has 0 aliphatic heterocycles. The van der Waals surface area contributed by atoms with Gasteiger partial charge < -0.3 is 9.47 Å². The molecule has 0 aliphatic rings. The molecule has 0 amide bonds. The maximum Gasteiger partial charge on any atom is 0.309 e. The summed E-state index contributed by atoms with van der Waals surface area (Å²) in [5.74, 6) is 0.217. The molecule has 0 aliphatic carbocycles. The van der Waals surface area contributed by atoms with E-state index in [0.29, 0.717) is 24.3 Å². The maximum absolute atomic E-state index is 12.2. The summed E-state index contributed by atoms with van der Waals surface area (Å²) in [5.41, 5.74) is 4.79. The first kappa shape index (κ1) is 26.2. The highest BCUT2D eigenvalue weighted by Gasteiger charge is 2.25. The predicted molar refractivity (Wildman–Crippen MR) is 131 cm³/mol. The quantitative estimate of drug-likeness (QED) is 0.208. The van der Waals surface area contributed by atoms with E-state index >= 15 is 0 Å². The van der Waals surface area contributed by atoms with Crippen LogP contribution in [-0.4, -0.2) is 22.0 Å². The van der Waals surface area contributed by atoms with Crippen LogP contribution in [0.25, 0.3) is 11.3 Å². The molecule has 0 saturated heterocycles. The van der Waals surface area contributed by atoms with Crippen LogP contribution in [0, 0.1) is 31.1 Å². The molecule has 0 fully saturated rings. The number of aromatic nitrogens is 2. The summed E-state index contributed by atoms with van der Waals surface area (Å²) in [6.45, 7) is 18.5. The normalized spacial score (nSPS) is 13.4. The van der Waals surface area contributed by atoms with Crippen LogP contribution in [0.15, 0.2) is 24.3 Å². The average molecular weight is 452 g/mol. The molecule has 6 nitrogen and oxygen atoms in total. The van der Waals surface area contributed by atoms with Gasteiger partial charge in [0.1, 0.15) is 17.3 Å². The van der Waals surface area contributed by atoms with Crippen molar-refractivity contribution in [3.05, 3.63) is 52.3 Å². The summed E-state index contributed by atoms with van der Waals surface area (Å²) in [5, 5.41) is 14.8. The van der Waals surface area contributed by atoms with Gasteiger partial charge in [0.05, 0.1) is 5.69 Å². The van der Waals surface area contributed by atoms with E-state index in [-0.39, 0.29) is 17.3 Å². The molecule has 0 radical (unpaired) electrons. The SMILES string of the molecule is CCn1nc(C)c(C)c1/C(OC(C)OC(=O)CC(C)C)=C(\C#N)c1ccc(C(C)(C)C)cc1. The molecule has 1 unspecified atom stereocenters. The van der Waals surface area contributed by atoms with E-state index in [4.69, 9.17) is 9.47 Å². The second kappa shape index (κ2) is 10.7. The molecule has 0 bridgehead atoms. The Hall–Kier alpha value is -3.07. The van der Waals surface area contributed by atoms with Crippen LogP contribution in [0.4, 0.5) is 0 Å². The fourth-order valence-electron chi connectivity index (χ4n) is 3.56. The number of ether oxygens (including phenoxy) is 2. The number of rotatable bonds is 8. The molecule has 0 N–H and O–H groups in total. The van der Waals surface area contributed by atoms with Gasteiger partial charge in [-0.15, -0.1) is 0 Å². The Morgan fingerprint density at radius 1 is 1.12 bits per heavy atom. The number of hydrogen-bond acceptors (Lipinski definition) is 5. The zero-order valence-electron chi connectivity index (χ0n) is 21.4. The highest BCUT2D eigenvalue weighted by Crippen LogP contribution is 2.33. The minimum Gasteiger partial charge on any atom is -0.451 e. The molecule has 6 heteroatoms. The Bertz CT molecular complexity index is 1050. The van der Waals surface area contributed by atoms with Gasteiger partial charge in [-0.1, -0.05) is 58.9 Å². The lowest BCUT2D eigenvalue weighted by Crippen LogP contribution is -2.20. The van der Waals surface area contributed by atoms with E-state index in [0.717, 1.165) is 22.5 Å². The summed E-state index contributed by atoms with van der Waals surface area (Å²) in [6.07, 6.45) is -0.555. The molecule has 2 aromatic rings. The lowest BCUT2D eigenvalue weighted by Gasteiger charge is -2.22. The Kier molecular flexibility index (Phi) is 8.49. The first-order chi connectivity index (χ1) is 15.4. The fourth-order valence-corrected chi connectivity index (χ4v) is 3.56. The Morgan fingerprint density at radius 3 is 2.21 bits per heavy atom. The van der Waals surface area contributed by atoms with Gasteiger partial charge in [0, 0.05) is 25.5 Å². The van der Waals surface area contributed by atoms with Crippen molar-refractivity contribution >= 4 is 17.3 Å². The molecule has 0 saturated carbocycles. The molecule has 2 rings (SSSR count). The summed E-state index contributed by atoms with van der Waals surface area (Å²) in [7, 11) is 0. The van der Waals surface area contributed by atoms with Crippen molar-refractivity contribution in [2.45, 2.75) is 87.0 Å². The van der Waals surface area contributed by atoms with Gasteiger partial charge in [0.2, 0.25) is 6.29 Å². The number of allylic oxidation sites excluding steroid dienone is 1. The van der Waals surface area contributed by atoms with Gasteiger partial charge in [-0.05, 0) is 43.2 Å². The van der Waals surface area contributed by atoms with Crippen molar-refractivity contribution in [2.24, 2.45) is 5.92 Å². The lowest BCUT2D eigenvalue weighted by molar-refractivity contribution is -0.165. The van der Waals surface area contributed by atoms with Gasteiger partial charge >= 0.3 is 5.97 Å². The molecule has 1 atom stereocenters. The zero-order valence-corrected chi connectivity index (χ0v) is 21.4. The van der Waals surface area contributed by atoms with Crippen LogP contribution >= 0.6 is 0 Å². The van der Waals surface area contributed by atoms with Gasteiger partial charge in [-0.25, -0.2) is 0 Å². The Labute approximate surface area is 198 Å². The third-order valence-electron chi connectivity index (χ3n) is 5.48. The molecule has 178 valence electrons. The fraction of sp³-hybridized carbons (Fsp3) is 0.519. The van der Waals surface area contributed by atoms with E-state index < -0.39 is 6.29 Å². The highest BCUT2D eigenvalue weighted by molar-refractivity contribution is 5.94. The van der Waals surface area contributed by atoms with E-state index in [2.05, 4.69) is 31.9 Å². The number of carbonyl (C=O) groups excluding carboxylic acids is 1. The monoisotopic (exact) mass is 451 g/mol. The highest BCUT2D eigenvalue weighted by atomic mass is 16.7. The van der Waals surface area contributed by atoms with Gasteiger partial charge in [0.25, 0.3) is 0 Å². The first-order valence-corrected chi connectivity index (χ1v) is 11.5. The summed E-state index contributed by atoms with van der Waals surface area (Å²) in [4.78, 5) is 12.2. The van der Waals surface area contributed by atoms with Gasteiger partial charge in [0.15, 0.2) is 5.76 Å². The second-order valence-corrected chi connectivity index (χ2v) is 9.79. The third-order valence-corrected chi connectivity index (χ3v) is 5.48. The Balaban J connectivity index is 2.61. The summed E-state index contributed by atoms with van der Waals surface area (Å²) in [6, 6.07) is 10.3. The molecular weight excluding hydrogens is 414 g/mol. The van der Waals surface area contributed by atoms with Crippen molar-refractivity contribution in [1.29, 1.82) is 5.26 Å². The third kappa shape index (κ3) is 6.47. The minimum absolute atomic E-state index is 0.00203.